The maximum Gasteiger partial charge on any atom is 0.344 e. The van der Waals surface area contributed by atoms with E-state index in [1.165, 1.54) is 6.08 Å². The van der Waals surface area contributed by atoms with Crippen LogP contribution in [0.3, 0.4) is 0 Å². The fourth-order valence-corrected chi connectivity index (χ4v) is 1.23. The van der Waals surface area contributed by atoms with Crippen molar-refractivity contribution in [1.29, 1.82) is 0 Å². The van der Waals surface area contributed by atoms with Crippen molar-refractivity contribution in [2.75, 3.05) is 13.2 Å². The molecule has 0 fully saturated rings. The average molecular weight is 251 g/mol. The summed E-state index contributed by atoms with van der Waals surface area (Å²) in [5.74, 6) is -0.0887. The number of hydrogen-bond donors (Lipinski definition) is 0. The van der Waals surface area contributed by atoms with Gasteiger partial charge in [-0.15, -0.1) is 0 Å². The predicted molar refractivity (Wildman–Crippen MR) is 64.6 cm³/mol. The number of carbonyl (C=O) groups is 1. The number of ether oxygens (including phenoxy) is 2. The van der Waals surface area contributed by atoms with Crippen molar-refractivity contribution >= 4 is 12.0 Å². The number of nitrogens with zero attached hydrogens (tertiary/aromatic N) is 1. The van der Waals surface area contributed by atoms with Gasteiger partial charge < -0.3 is 9.47 Å². The first-order valence-corrected chi connectivity index (χ1v) is 5.32. The van der Waals surface area contributed by atoms with E-state index in [0.29, 0.717) is 11.3 Å². The lowest BCUT2D eigenvalue weighted by atomic mass is 10.2. The molecule has 0 saturated heterocycles. The Bertz CT molecular complexity index is 456. The van der Waals surface area contributed by atoms with Crippen LogP contribution in [-0.2, 0) is 9.53 Å². The van der Waals surface area contributed by atoms with E-state index >= 15 is 0 Å². The summed E-state index contributed by atoms with van der Waals surface area (Å²) in [6.07, 6.45) is 2.12. The molecule has 6 heteroatoms. The predicted octanol–water partition coefficient (Wildman–Crippen LogP) is 1.88. The average Bonchev–Trinajstić information content (AvgIpc) is 2.35. The van der Waals surface area contributed by atoms with Crippen LogP contribution >= 0.6 is 0 Å². The van der Waals surface area contributed by atoms with E-state index in [1.54, 1.807) is 31.2 Å². The molecule has 0 N–H and O–H groups in total. The molecule has 0 amide bonds. The van der Waals surface area contributed by atoms with Gasteiger partial charge in [0.15, 0.2) is 6.61 Å². The first-order chi connectivity index (χ1) is 8.63. The summed E-state index contributed by atoms with van der Waals surface area (Å²) >= 11 is 0. The Morgan fingerprint density at radius 3 is 2.83 bits per heavy atom. The van der Waals surface area contributed by atoms with Crippen LogP contribution in [0.1, 0.15) is 12.5 Å². The Balaban J connectivity index is 2.70. The SMILES string of the molecule is CCOC(=O)COc1ccccc1C=C[N+](=O)[O-]. The van der Waals surface area contributed by atoms with Crippen LogP contribution < -0.4 is 4.74 Å². The largest absolute Gasteiger partial charge is 0.481 e. The van der Waals surface area contributed by atoms with E-state index in [1.807, 2.05) is 0 Å². The summed E-state index contributed by atoms with van der Waals surface area (Å²) in [5.41, 5.74) is 0.526. The third kappa shape index (κ3) is 4.65. The normalized spacial score (nSPS) is 10.3. The number of carbonyl (C=O) groups excluding carboxylic acids is 1. The number of para-hydroxylation sites is 1. The zero-order chi connectivity index (χ0) is 13.4. The Hall–Kier alpha value is -2.37. The molecule has 96 valence electrons. The molecule has 1 aromatic carbocycles. The van der Waals surface area contributed by atoms with E-state index in [4.69, 9.17) is 9.47 Å². The number of hydrogen-bond acceptors (Lipinski definition) is 5. The fraction of sp³-hybridized carbons (Fsp3) is 0.250. The van der Waals surface area contributed by atoms with Gasteiger partial charge in [-0.2, -0.15) is 0 Å². The monoisotopic (exact) mass is 251 g/mol. The molecule has 0 atom stereocenters. The van der Waals surface area contributed by atoms with Gasteiger partial charge in [0, 0.05) is 11.6 Å². The van der Waals surface area contributed by atoms with Gasteiger partial charge in [-0.1, -0.05) is 18.2 Å². The second-order valence-electron chi connectivity index (χ2n) is 3.23. The minimum absolute atomic E-state index is 0.225. The molecule has 0 aliphatic heterocycles. The number of rotatable bonds is 6. The first-order valence-electron chi connectivity index (χ1n) is 5.32. The molecular weight excluding hydrogens is 238 g/mol. The lowest BCUT2D eigenvalue weighted by molar-refractivity contribution is -0.400. The highest BCUT2D eigenvalue weighted by Crippen LogP contribution is 2.19. The van der Waals surface area contributed by atoms with Crippen LogP contribution in [-0.4, -0.2) is 24.1 Å². The number of esters is 1. The van der Waals surface area contributed by atoms with E-state index < -0.39 is 10.9 Å². The fourth-order valence-electron chi connectivity index (χ4n) is 1.23. The number of benzene rings is 1. The lowest BCUT2D eigenvalue weighted by Crippen LogP contribution is -2.14. The van der Waals surface area contributed by atoms with Gasteiger partial charge in [-0.05, 0) is 13.0 Å². The van der Waals surface area contributed by atoms with Gasteiger partial charge in [0.25, 0.3) is 0 Å². The van der Waals surface area contributed by atoms with Gasteiger partial charge >= 0.3 is 5.97 Å². The van der Waals surface area contributed by atoms with E-state index in [0.717, 1.165) is 6.20 Å². The maximum absolute atomic E-state index is 11.1. The highest BCUT2D eigenvalue weighted by atomic mass is 16.6. The van der Waals surface area contributed by atoms with Crippen LogP contribution in [0, 0.1) is 10.1 Å². The Morgan fingerprint density at radius 2 is 2.17 bits per heavy atom. The molecule has 18 heavy (non-hydrogen) atoms. The molecule has 1 rings (SSSR count). The van der Waals surface area contributed by atoms with Gasteiger partial charge in [-0.25, -0.2) is 4.79 Å². The molecule has 0 saturated carbocycles. The molecule has 0 aliphatic carbocycles. The standard InChI is InChI=1S/C12H13NO5/c1-2-17-12(14)9-18-11-6-4-3-5-10(11)7-8-13(15)16/h3-8H,2,9H2,1H3. The molecule has 0 heterocycles. The second-order valence-corrected chi connectivity index (χ2v) is 3.23. The topological polar surface area (TPSA) is 78.7 Å². The van der Waals surface area contributed by atoms with Crippen molar-refractivity contribution in [3.8, 4) is 5.75 Å². The highest BCUT2D eigenvalue weighted by Gasteiger charge is 2.06. The van der Waals surface area contributed by atoms with Crippen molar-refractivity contribution < 1.29 is 19.2 Å². The molecule has 0 unspecified atom stereocenters. The summed E-state index contributed by atoms with van der Waals surface area (Å²) in [6.45, 7) is 1.76. The Morgan fingerprint density at radius 1 is 1.44 bits per heavy atom. The zero-order valence-corrected chi connectivity index (χ0v) is 9.87. The third-order valence-corrected chi connectivity index (χ3v) is 1.95. The summed E-state index contributed by atoms with van der Waals surface area (Å²) in [5, 5.41) is 10.2. The first kappa shape index (κ1) is 13.7. The summed E-state index contributed by atoms with van der Waals surface area (Å²) in [7, 11) is 0. The van der Waals surface area contributed by atoms with Crippen molar-refractivity contribution in [1.82, 2.24) is 0 Å². The van der Waals surface area contributed by atoms with E-state index in [-0.39, 0.29) is 13.2 Å². The van der Waals surface area contributed by atoms with Gasteiger partial charge in [-0.3, -0.25) is 10.1 Å². The molecule has 0 aromatic heterocycles. The van der Waals surface area contributed by atoms with Crippen LogP contribution in [0.25, 0.3) is 6.08 Å². The smallest absolute Gasteiger partial charge is 0.344 e. The lowest BCUT2D eigenvalue weighted by Gasteiger charge is -2.07. The second kappa shape index (κ2) is 7.05. The van der Waals surface area contributed by atoms with Crippen molar-refractivity contribution in [2.45, 2.75) is 6.92 Å². The van der Waals surface area contributed by atoms with Crippen LogP contribution in [0.5, 0.6) is 5.75 Å². The zero-order valence-electron chi connectivity index (χ0n) is 9.87. The minimum atomic E-state index is -0.567. The van der Waals surface area contributed by atoms with E-state index in [2.05, 4.69) is 0 Å². The summed E-state index contributed by atoms with van der Waals surface area (Å²) < 4.78 is 9.95. The summed E-state index contributed by atoms with van der Waals surface area (Å²) in [4.78, 5) is 20.8. The quantitative estimate of drug-likeness (QED) is 0.438. The molecule has 0 aliphatic rings. The van der Waals surface area contributed by atoms with Crippen LogP contribution in [0.4, 0.5) is 0 Å². The van der Waals surface area contributed by atoms with Crippen molar-refractivity contribution in [3.05, 3.63) is 46.1 Å². The van der Waals surface area contributed by atoms with Crippen molar-refractivity contribution in [3.63, 3.8) is 0 Å². The molecule has 0 bridgehead atoms. The Kier molecular flexibility index (Phi) is 5.37. The van der Waals surface area contributed by atoms with Crippen molar-refractivity contribution in [2.24, 2.45) is 0 Å². The molecular formula is C12H13NO5. The molecule has 1 aromatic rings. The summed E-state index contributed by atoms with van der Waals surface area (Å²) in [6, 6.07) is 6.71. The molecule has 0 spiro atoms. The molecule has 0 radical (unpaired) electrons. The van der Waals surface area contributed by atoms with Gasteiger partial charge in [0.1, 0.15) is 5.75 Å². The van der Waals surface area contributed by atoms with Crippen LogP contribution in [0.2, 0.25) is 0 Å². The van der Waals surface area contributed by atoms with E-state index in [9.17, 15) is 14.9 Å². The Labute approximate surface area is 104 Å². The van der Waals surface area contributed by atoms with Gasteiger partial charge in [0.2, 0.25) is 6.20 Å². The number of nitro groups is 1. The maximum atomic E-state index is 11.1. The van der Waals surface area contributed by atoms with Gasteiger partial charge in [0.05, 0.1) is 11.5 Å². The third-order valence-electron chi connectivity index (χ3n) is 1.95. The highest BCUT2D eigenvalue weighted by molar-refractivity contribution is 5.71. The molecule has 6 nitrogen and oxygen atoms in total. The minimum Gasteiger partial charge on any atom is -0.481 e. The van der Waals surface area contributed by atoms with Crippen LogP contribution in [0.15, 0.2) is 30.5 Å².